The lowest BCUT2D eigenvalue weighted by atomic mass is 9.98. The van der Waals surface area contributed by atoms with Crippen LogP contribution in [0, 0.1) is 0 Å². The van der Waals surface area contributed by atoms with E-state index < -0.39 is 5.92 Å². The molecule has 47 heavy (non-hydrogen) atoms. The molecule has 6 aromatic rings. The average Bonchev–Trinajstić information content (AvgIpc) is 3.71. The van der Waals surface area contributed by atoms with E-state index in [9.17, 15) is 18.4 Å². The largest absolute Gasteiger partial charge is 0.458 e. The molecule has 0 saturated carbocycles. The van der Waals surface area contributed by atoms with Gasteiger partial charge in [-0.05, 0) is 77.4 Å². The quantitative estimate of drug-likeness (QED) is 0.175. The second kappa shape index (κ2) is 12.2. The van der Waals surface area contributed by atoms with Gasteiger partial charge in [0.15, 0.2) is 0 Å². The maximum absolute atomic E-state index is 13.6. The molecule has 0 atom stereocenters. The number of para-hydroxylation sites is 1. The van der Waals surface area contributed by atoms with Gasteiger partial charge in [-0.25, -0.2) is 13.8 Å². The van der Waals surface area contributed by atoms with Crippen LogP contribution >= 0.6 is 0 Å². The third-order valence-electron chi connectivity index (χ3n) is 8.28. The zero-order chi connectivity index (χ0) is 32.5. The summed E-state index contributed by atoms with van der Waals surface area (Å²) < 4.78 is 39.7. The Balaban J connectivity index is 1.17. The Labute approximate surface area is 268 Å². The van der Waals surface area contributed by atoms with Gasteiger partial charge in [-0.15, -0.1) is 0 Å². The summed E-state index contributed by atoms with van der Waals surface area (Å²) in [5, 5.41) is 4.60. The number of hydrogen-bond donors (Lipinski definition) is 2. The molecule has 1 saturated heterocycles. The first-order chi connectivity index (χ1) is 22.7. The van der Waals surface area contributed by atoms with Crippen LogP contribution in [0.25, 0.3) is 50.5 Å². The van der Waals surface area contributed by atoms with Crippen LogP contribution in [0.3, 0.4) is 0 Å². The summed E-state index contributed by atoms with van der Waals surface area (Å²) in [6, 6.07) is 26.1. The van der Waals surface area contributed by atoms with Crippen LogP contribution in [-0.2, 0) is 11.3 Å². The molecule has 1 aliphatic heterocycles. The van der Waals surface area contributed by atoms with Crippen LogP contribution in [0.5, 0.6) is 0 Å². The van der Waals surface area contributed by atoms with Crippen molar-refractivity contribution in [3.63, 3.8) is 0 Å². The van der Waals surface area contributed by atoms with Gasteiger partial charge in [-0.1, -0.05) is 30.3 Å². The molecule has 10 heteroatoms. The normalized spacial score (nSPS) is 14.6. The second-order valence-corrected chi connectivity index (χ2v) is 11.6. The van der Waals surface area contributed by atoms with E-state index in [0.29, 0.717) is 28.5 Å². The summed E-state index contributed by atoms with van der Waals surface area (Å²) >= 11 is 0. The van der Waals surface area contributed by atoms with Crippen LogP contribution in [0.4, 0.5) is 14.6 Å². The number of nitrogens with zero attached hydrogens (tertiary/aromatic N) is 2. The molecule has 1 fully saturated rings. The number of benzene rings is 3. The van der Waals surface area contributed by atoms with E-state index >= 15 is 0 Å². The van der Waals surface area contributed by atoms with Gasteiger partial charge in [0.1, 0.15) is 28.5 Å². The number of furan rings is 2. The van der Waals surface area contributed by atoms with Gasteiger partial charge in [0.25, 0.3) is 11.8 Å². The molecule has 0 unspecified atom stereocenters. The predicted octanol–water partition coefficient (Wildman–Crippen LogP) is 7.69. The Morgan fingerprint density at radius 3 is 2.45 bits per heavy atom. The molecule has 3 aromatic carbocycles. The van der Waals surface area contributed by atoms with Crippen LogP contribution in [0.2, 0.25) is 0 Å². The van der Waals surface area contributed by atoms with Crippen LogP contribution in [0.1, 0.15) is 34.5 Å². The van der Waals surface area contributed by atoms with Gasteiger partial charge in [0.2, 0.25) is 5.91 Å². The van der Waals surface area contributed by atoms with Gasteiger partial charge in [0, 0.05) is 54.5 Å². The van der Waals surface area contributed by atoms with E-state index in [-0.39, 0.29) is 44.3 Å². The number of halogens is 2. The maximum Gasteiger partial charge on any atom is 0.253 e. The molecule has 3 N–H and O–H groups in total. The molecule has 0 bridgehead atoms. The van der Waals surface area contributed by atoms with Gasteiger partial charge >= 0.3 is 0 Å². The second-order valence-electron chi connectivity index (χ2n) is 11.6. The van der Waals surface area contributed by atoms with Gasteiger partial charge in [-0.3, -0.25) is 9.59 Å². The molecule has 1 aliphatic rings. The lowest BCUT2D eigenvalue weighted by Gasteiger charge is -2.31. The van der Waals surface area contributed by atoms with Gasteiger partial charge < -0.3 is 24.8 Å². The number of likely N-dealkylation sites (tertiary alicyclic amines) is 1. The highest BCUT2D eigenvalue weighted by molar-refractivity contribution is 5.99. The fourth-order valence-corrected chi connectivity index (χ4v) is 5.70. The summed E-state index contributed by atoms with van der Waals surface area (Å²) in [5.41, 5.74) is 10.6. The first-order valence-corrected chi connectivity index (χ1v) is 15.2. The third kappa shape index (κ3) is 6.48. The number of nitrogens with one attached hydrogen (secondary N) is 1. The Morgan fingerprint density at radius 2 is 1.70 bits per heavy atom. The van der Waals surface area contributed by atoms with Crippen molar-refractivity contribution in [1.82, 2.24) is 15.2 Å². The molecule has 4 heterocycles. The van der Waals surface area contributed by atoms with Crippen molar-refractivity contribution in [3.05, 3.63) is 114 Å². The number of carbonyl (C=O) groups is 2. The van der Waals surface area contributed by atoms with Crippen LogP contribution < -0.4 is 11.1 Å². The molecule has 7 rings (SSSR count). The number of nitrogens with two attached hydrogens (primary N) is 1. The molecule has 2 amide bonds. The van der Waals surface area contributed by atoms with E-state index in [4.69, 9.17) is 14.6 Å². The fourth-order valence-electron chi connectivity index (χ4n) is 5.70. The smallest absolute Gasteiger partial charge is 0.253 e. The highest BCUT2D eigenvalue weighted by atomic mass is 19.3. The zero-order valence-corrected chi connectivity index (χ0v) is 25.2. The molecule has 0 spiro atoms. The van der Waals surface area contributed by atoms with Gasteiger partial charge in [-0.2, -0.15) is 0 Å². The minimum Gasteiger partial charge on any atom is -0.458 e. The lowest BCUT2D eigenvalue weighted by molar-refractivity contribution is -0.116. The molecule has 8 nitrogen and oxygen atoms in total. The number of aromatic nitrogens is 1. The summed E-state index contributed by atoms with van der Waals surface area (Å²) in [4.78, 5) is 31.1. The van der Waals surface area contributed by atoms with E-state index in [2.05, 4.69) is 10.3 Å². The van der Waals surface area contributed by atoms with E-state index in [0.717, 1.165) is 38.6 Å². The standard InChI is InChI=1S/C37H30F2N4O4/c38-37(39)13-15-43(16-14-37)36(45)25-9-7-24(8-10-25)27-17-28-18-29(22-42-34(44)12-6-23-5-11-33(40)41-21-23)46-35(28)30(19-27)32-20-26-3-1-2-4-31(26)47-32/h1-12,17-21H,13-16,22H2,(H2,40,41)(H,42,44). The number of amides is 2. The highest BCUT2D eigenvalue weighted by Crippen LogP contribution is 2.38. The Morgan fingerprint density at radius 1 is 0.915 bits per heavy atom. The average molecular weight is 633 g/mol. The van der Waals surface area contributed by atoms with Crippen molar-refractivity contribution >= 4 is 45.6 Å². The molecular weight excluding hydrogens is 602 g/mol. The van der Waals surface area contributed by atoms with Crippen LogP contribution in [0.15, 0.2) is 106 Å². The number of pyridine rings is 1. The van der Waals surface area contributed by atoms with E-state index in [1.807, 2.05) is 60.7 Å². The van der Waals surface area contributed by atoms with Crippen molar-refractivity contribution in [1.29, 1.82) is 0 Å². The first kappa shape index (κ1) is 29.9. The Kier molecular flexibility index (Phi) is 7.77. The molecule has 236 valence electrons. The summed E-state index contributed by atoms with van der Waals surface area (Å²) in [7, 11) is 0. The third-order valence-corrected chi connectivity index (χ3v) is 8.28. The fraction of sp³-hybridized carbons (Fsp3) is 0.162. The summed E-state index contributed by atoms with van der Waals surface area (Å²) in [5.74, 6) is -1.70. The number of nitrogen functional groups attached to an aromatic ring is 1. The summed E-state index contributed by atoms with van der Waals surface area (Å²) in [6.45, 7) is 0.224. The SMILES string of the molecule is Nc1ccc(C=CC(=O)NCc2cc3cc(-c4ccc(C(=O)N5CCC(F)(F)CC5)cc4)cc(-c4cc5ccccc5o4)c3o2)cn1. The number of piperidine rings is 1. The lowest BCUT2D eigenvalue weighted by Crippen LogP contribution is -2.42. The summed E-state index contributed by atoms with van der Waals surface area (Å²) in [6.07, 6.45) is 4.00. The van der Waals surface area contributed by atoms with Gasteiger partial charge in [0.05, 0.1) is 12.1 Å². The molecule has 0 aliphatic carbocycles. The Bertz CT molecular complexity index is 2090. The molecule has 3 aromatic heterocycles. The van der Waals surface area contributed by atoms with Crippen molar-refractivity contribution in [2.75, 3.05) is 18.8 Å². The molecule has 0 radical (unpaired) electrons. The number of hydrogen-bond acceptors (Lipinski definition) is 6. The maximum atomic E-state index is 13.6. The number of alkyl halides is 2. The number of fused-ring (bicyclic) bond motifs is 2. The number of carbonyl (C=O) groups excluding carboxylic acids is 2. The number of rotatable bonds is 7. The van der Waals surface area contributed by atoms with Crippen molar-refractivity contribution in [2.45, 2.75) is 25.3 Å². The number of anilines is 1. The van der Waals surface area contributed by atoms with Crippen molar-refractivity contribution in [2.24, 2.45) is 0 Å². The predicted molar refractivity (Wildman–Crippen MR) is 176 cm³/mol. The van der Waals surface area contributed by atoms with E-state index in [1.54, 1.807) is 36.5 Å². The van der Waals surface area contributed by atoms with Crippen LogP contribution in [-0.4, -0.2) is 40.7 Å². The minimum absolute atomic E-state index is 0.0325. The monoisotopic (exact) mass is 632 g/mol. The highest BCUT2D eigenvalue weighted by Gasteiger charge is 2.35. The zero-order valence-electron chi connectivity index (χ0n) is 25.2. The van der Waals surface area contributed by atoms with E-state index in [1.165, 1.54) is 11.0 Å². The topological polar surface area (TPSA) is 115 Å². The minimum atomic E-state index is -2.72. The van der Waals surface area contributed by atoms with Crippen molar-refractivity contribution in [3.8, 4) is 22.5 Å². The first-order valence-electron chi connectivity index (χ1n) is 15.2. The van der Waals surface area contributed by atoms with Crippen molar-refractivity contribution < 1.29 is 27.2 Å². The molecular formula is C37H30F2N4O4. The Hall–Kier alpha value is -5.77.